The van der Waals surface area contributed by atoms with E-state index in [4.69, 9.17) is 4.98 Å². The van der Waals surface area contributed by atoms with Crippen LogP contribution < -0.4 is 0 Å². The molecule has 3 aromatic rings. The van der Waals surface area contributed by atoms with Crippen molar-refractivity contribution in [2.45, 2.75) is 25.2 Å². The Hall–Kier alpha value is -2.57. The lowest BCUT2D eigenvalue weighted by molar-refractivity contribution is -0.132. The maximum atomic E-state index is 12.8. The van der Waals surface area contributed by atoms with E-state index in [-0.39, 0.29) is 5.91 Å². The van der Waals surface area contributed by atoms with Gasteiger partial charge in [0.25, 0.3) is 5.91 Å². The quantitative estimate of drug-likeness (QED) is 0.657. The molecule has 0 spiro atoms. The molecule has 1 fully saturated rings. The number of amides is 1. The van der Waals surface area contributed by atoms with Gasteiger partial charge in [-0.05, 0) is 37.1 Å². The lowest BCUT2D eigenvalue weighted by Crippen LogP contribution is -2.41. The summed E-state index contributed by atoms with van der Waals surface area (Å²) in [6.07, 6.45) is 3.07. The van der Waals surface area contributed by atoms with E-state index in [1.165, 1.54) is 9.71 Å². The highest BCUT2D eigenvalue weighted by Gasteiger charge is 2.28. The van der Waals surface area contributed by atoms with Crippen molar-refractivity contribution in [2.24, 2.45) is 5.10 Å². The van der Waals surface area contributed by atoms with Gasteiger partial charge in [0.1, 0.15) is 0 Å². The maximum Gasteiger partial charge on any atom is 0.256 e. The molecule has 3 heterocycles. The molecule has 29 heavy (non-hydrogen) atoms. The van der Waals surface area contributed by atoms with E-state index in [1.54, 1.807) is 16.3 Å². The predicted molar refractivity (Wildman–Crippen MR) is 117 cm³/mol. The van der Waals surface area contributed by atoms with E-state index < -0.39 is 0 Å². The molecule has 0 radical (unpaired) electrons. The van der Waals surface area contributed by atoms with Gasteiger partial charge >= 0.3 is 0 Å². The van der Waals surface area contributed by atoms with E-state index in [9.17, 15) is 4.79 Å². The Kier molecular flexibility index (Phi) is 5.12. The van der Waals surface area contributed by atoms with Gasteiger partial charge in [0.2, 0.25) is 0 Å². The molecule has 2 aliphatic heterocycles. The first-order valence-electron chi connectivity index (χ1n) is 10.3. The standard InChI is InChI=1S/C23H24N4OS/c28-22(27-14-12-19(25-27)17-7-2-1-3-8-17)16-26-13-6-9-18(15-26)23-24-20-10-4-5-11-21(20)29-23/h1-5,7-8,10-11,18H,6,9,12-16H2/t18-/m0/s1. The number of likely N-dealkylation sites (tertiary alicyclic amines) is 1. The van der Waals surface area contributed by atoms with Crippen LogP contribution in [0.5, 0.6) is 0 Å². The van der Waals surface area contributed by atoms with Crippen LogP contribution in [0, 0.1) is 0 Å². The number of hydrogen-bond donors (Lipinski definition) is 0. The lowest BCUT2D eigenvalue weighted by Gasteiger charge is -2.31. The summed E-state index contributed by atoms with van der Waals surface area (Å²) in [5.41, 5.74) is 3.20. The van der Waals surface area contributed by atoms with E-state index >= 15 is 0 Å². The smallest absolute Gasteiger partial charge is 0.256 e. The van der Waals surface area contributed by atoms with Gasteiger partial charge in [0, 0.05) is 18.9 Å². The zero-order chi connectivity index (χ0) is 19.6. The Morgan fingerprint density at radius 1 is 1.07 bits per heavy atom. The Morgan fingerprint density at radius 2 is 1.90 bits per heavy atom. The van der Waals surface area contributed by atoms with Gasteiger partial charge in [0.05, 0.1) is 34.0 Å². The number of nitrogens with zero attached hydrogens (tertiary/aromatic N) is 4. The monoisotopic (exact) mass is 404 g/mol. The third-order valence-electron chi connectivity index (χ3n) is 5.72. The van der Waals surface area contributed by atoms with Gasteiger partial charge in [-0.25, -0.2) is 9.99 Å². The average Bonchev–Trinajstić information content (AvgIpc) is 3.42. The molecule has 0 aliphatic carbocycles. The first kappa shape index (κ1) is 18.5. The second-order valence-electron chi connectivity index (χ2n) is 7.77. The van der Waals surface area contributed by atoms with E-state index in [0.29, 0.717) is 19.0 Å². The van der Waals surface area contributed by atoms with Crippen LogP contribution in [-0.2, 0) is 4.79 Å². The van der Waals surface area contributed by atoms with Crippen molar-refractivity contribution in [1.82, 2.24) is 14.9 Å². The third kappa shape index (κ3) is 3.95. The van der Waals surface area contributed by atoms with Gasteiger partial charge in [-0.1, -0.05) is 42.5 Å². The normalized spacial score (nSPS) is 20.2. The van der Waals surface area contributed by atoms with Crippen LogP contribution in [-0.4, -0.2) is 52.7 Å². The van der Waals surface area contributed by atoms with Crippen LogP contribution in [0.25, 0.3) is 10.2 Å². The maximum absolute atomic E-state index is 12.8. The van der Waals surface area contributed by atoms with Gasteiger partial charge in [-0.2, -0.15) is 5.10 Å². The number of aromatic nitrogens is 1. The zero-order valence-electron chi connectivity index (χ0n) is 16.3. The number of piperidine rings is 1. The number of benzene rings is 2. The van der Waals surface area contributed by atoms with Gasteiger partial charge < -0.3 is 0 Å². The summed E-state index contributed by atoms with van der Waals surface area (Å²) in [6, 6.07) is 18.5. The highest BCUT2D eigenvalue weighted by atomic mass is 32.1. The summed E-state index contributed by atoms with van der Waals surface area (Å²) in [7, 11) is 0. The van der Waals surface area contributed by atoms with Crippen LogP contribution in [0.3, 0.4) is 0 Å². The molecular formula is C23H24N4OS. The molecule has 1 aromatic heterocycles. The highest BCUT2D eigenvalue weighted by molar-refractivity contribution is 7.18. The molecule has 2 aromatic carbocycles. The molecule has 0 bridgehead atoms. The minimum atomic E-state index is 0.0980. The van der Waals surface area contributed by atoms with Crippen LogP contribution in [0.1, 0.15) is 35.8 Å². The number of para-hydroxylation sites is 1. The Labute approximate surface area is 174 Å². The second kappa shape index (κ2) is 8.05. The summed E-state index contributed by atoms with van der Waals surface area (Å²) in [5, 5.41) is 7.45. The first-order valence-corrected chi connectivity index (χ1v) is 11.1. The van der Waals surface area contributed by atoms with E-state index in [1.807, 2.05) is 24.3 Å². The molecule has 0 N–H and O–H groups in total. The Balaban J connectivity index is 1.23. The molecule has 0 saturated carbocycles. The molecule has 1 saturated heterocycles. The molecule has 1 atom stereocenters. The van der Waals surface area contributed by atoms with Crippen LogP contribution in [0.4, 0.5) is 0 Å². The molecular weight excluding hydrogens is 380 g/mol. The molecule has 0 unspecified atom stereocenters. The van der Waals surface area contributed by atoms with Gasteiger partial charge in [-0.15, -0.1) is 11.3 Å². The fourth-order valence-corrected chi connectivity index (χ4v) is 5.30. The lowest BCUT2D eigenvalue weighted by atomic mass is 9.99. The number of carbonyl (C=O) groups excluding carboxylic acids is 1. The van der Waals surface area contributed by atoms with E-state index in [2.05, 4.69) is 40.3 Å². The van der Waals surface area contributed by atoms with Gasteiger partial charge in [-0.3, -0.25) is 9.69 Å². The molecule has 5 nitrogen and oxygen atoms in total. The van der Waals surface area contributed by atoms with Crippen LogP contribution in [0.2, 0.25) is 0 Å². The molecule has 1 amide bonds. The second-order valence-corrected chi connectivity index (χ2v) is 8.84. The number of rotatable bonds is 4. The third-order valence-corrected chi connectivity index (χ3v) is 6.92. The summed E-state index contributed by atoms with van der Waals surface area (Å²) >= 11 is 1.79. The number of hydrazone groups is 1. The van der Waals surface area contributed by atoms with Crippen molar-refractivity contribution < 1.29 is 4.79 Å². The molecule has 6 heteroatoms. The Morgan fingerprint density at radius 3 is 2.76 bits per heavy atom. The van der Waals surface area contributed by atoms with Crippen molar-refractivity contribution in [2.75, 3.05) is 26.2 Å². The van der Waals surface area contributed by atoms with Crippen molar-refractivity contribution in [3.8, 4) is 0 Å². The number of carbonyl (C=O) groups is 1. The minimum absolute atomic E-state index is 0.0980. The summed E-state index contributed by atoms with van der Waals surface area (Å²) in [4.78, 5) is 20.0. The highest BCUT2D eigenvalue weighted by Crippen LogP contribution is 2.33. The summed E-state index contributed by atoms with van der Waals surface area (Å²) in [6.45, 7) is 2.98. The topological polar surface area (TPSA) is 48.8 Å². The fraction of sp³-hybridized carbons (Fsp3) is 0.348. The average molecular weight is 405 g/mol. The summed E-state index contributed by atoms with van der Waals surface area (Å²) in [5.74, 6) is 0.511. The van der Waals surface area contributed by atoms with Crippen molar-refractivity contribution in [3.63, 3.8) is 0 Å². The number of thiazole rings is 1. The largest absolute Gasteiger partial charge is 0.294 e. The van der Waals surface area contributed by atoms with Gasteiger partial charge in [0.15, 0.2) is 0 Å². The minimum Gasteiger partial charge on any atom is -0.294 e. The van der Waals surface area contributed by atoms with E-state index in [0.717, 1.165) is 49.1 Å². The van der Waals surface area contributed by atoms with Crippen molar-refractivity contribution in [1.29, 1.82) is 0 Å². The summed E-state index contributed by atoms with van der Waals surface area (Å²) < 4.78 is 1.25. The molecule has 148 valence electrons. The van der Waals surface area contributed by atoms with Crippen molar-refractivity contribution >= 4 is 33.2 Å². The predicted octanol–water partition coefficient (Wildman–Crippen LogP) is 4.11. The Bertz CT molecular complexity index is 1010. The van der Waals surface area contributed by atoms with Crippen LogP contribution in [0.15, 0.2) is 59.7 Å². The fourth-order valence-electron chi connectivity index (χ4n) is 4.21. The first-order chi connectivity index (χ1) is 14.3. The van der Waals surface area contributed by atoms with Crippen LogP contribution >= 0.6 is 11.3 Å². The van der Waals surface area contributed by atoms with Crippen molar-refractivity contribution in [3.05, 3.63) is 65.2 Å². The number of hydrogen-bond acceptors (Lipinski definition) is 5. The molecule has 2 aliphatic rings. The SMILES string of the molecule is O=C(CN1CCC[C@H](c2nc3ccccc3s2)C1)N1CCC(c2ccccc2)=N1. The molecule has 5 rings (SSSR count). The number of fused-ring (bicyclic) bond motifs is 1. The zero-order valence-corrected chi connectivity index (χ0v) is 17.1.